The average Bonchev–Trinajstić information content (AvgIpc) is 2.69. The van der Waals surface area contributed by atoms with Crippen molar-refractivity contribution in [1.82, 2.24) is 4.90 Å². The van der Waals surface area contributed by atoms with Crippen LogP contribution in [0.1, 0.15) is 37.3 Å². The number of piperidine rings is 1. The maximum atomic E-state index is 12.5. The number of nitrogens with zero attached hydrogens (tertiary/aromatic N) is 2. The van der Waals surface area contributed by atoms with Crippen LogP contribution in [0.5, 0.6) is 0 Å². The summed E-state index contributed by atoms with van der Waals surface area (Å²) in [6.45, 7) is 6.17. The molecule has 1 heterocycles. The van der Waals surface area contributed by atoms with Crippen molar-refractivity contribution in [3.8, 4) is 0 Å². The lowest BCUT2D eigenvalue weighted by molar-refractivity contribution is -0.133. The molecule has 0 aliphatic carbocycles. The molecular weight excluding hydrogens is 350 g/mol. The van der Waals surface area contributed by atoms with Crippen molar-refractivity contribution in [3.05, 3.63) is 59.7 Å². The summed E-state index contributed by atoms with van der Waals surface area (Å²) in [5, 5.41) is 2.90. The molecule has 0 spiro atoms. The second-order valence-corrected chi connectivity index (χ2v) is 7.51. The monoisotopic (exact) mass is 379 g/mol. The number of carbonyl (C=O) groups excluding carboxylic acids is 2. The van der Waals surface area contributed by atoms with Gasteiger partial charge in [-0.3, -0.25) is 9.59 Å². The number of amides is 2. The molecule has 2 aromatic carbocycles. The lowest BCUT2D eigenvalue weighted by atomic mass is 10.1. The van der Waals surface area contributed by atoms with Crippen LogP contribution >= 0.6 is 0 Å². The summed E-state index contributed by atoms with van der Waals surface area (Å²) in [4.78, 5) is 28.4. The first-order valence-corrected chi connectivity index (χ1v) is 9.97. The molecule has 0 atom stereocenters. The van der Waals surface area contributed by atoms with Gasteiger partial charge < -0.3 is 15.1 Å². The Bertz CT molecular complexity index is 811. The minimum Gasteiger partial charge on any atom is -0.372 e. The SMILES string of the molecule is CC(=O)N(CC(=O)Nc1ccc(N2CCCCC2)cc1)Cc1cccc(C)c1. The van der Waals surface area contributed by atoms with Crippen LogP contribution in [0.15, 0.2) is 48.5 Å². The summed E-state index contributed by atoms with van der Waals surface area (Å²) in [5.41, 5.74) is 4.11. The van der Waals surface area contributed by atoms with Gasteiger partial charge in [0.25, 0.3) is 0 Å². The van der Waals surface area contributed by atoms with E-state index in [1.807, 2.05) is 43.3 Å². The van der Waals surface area contributed by atoms with E-state index in [2.05, 4.69) is 22.3 Å². The Kier molecular flexibility index (Phi) is 6.69. The number of anilines is 2. The lowest BCUT2D eigenvalue weighted by Crippen LogP contribution is -2.36. The van der Waals surface area contributed by atoms with E-state index in [0.29, 0.717) is 6.54 Å². The van der Waals surface area contributed by atoms with Crippen LogP contribution in [0.25, 0.3) is 0 Å². The smallest absolute Gasteiger partial charge is 0.244 e. The zero-order valence-electron chi connectivity index (χ0n) is 16.8. The van der Waals surface area contributed by atoms with E-state index in [9.17, 15) is 9.59 Å². The molecule has 1 aliphatic heterocycles. The molecule has 2 aromatic rings. The average molecular weight is 380 g/mol. The Morgan fingerprint density at radius 2 is 1.75 bits per heavy atom. The van der Waals surface area contributed by atoms with E-state index < -0.39 is 0 Å². The summed E-state index contributed by atoms with van der Waals surface area (Å²) in [6, 6.07) is 16.0. The van der Waals surface area contributed by atoms with E-state index in [0.717, 1.165) is 29.9 Å². The van der Waals surface area contributed by atoms with Gasteiger partial charge >= 0.3 is 0 Å². The Morgan fingerprint density at radius 1 is 1.04 bits per heavy atom. The highest BCUT2D eigenvalue weighted by Crippen LogP contribution is 2.21. The predicted molar refractivity (Wildman–Crippen MR) is 113 cm³/mol. The Labute approximate surface area is 167 Å². The highest BCUT2D eigenvalue weighted by molar-refractivity contribution is 5.94. The summed E-state index contributed by atoms with van der Waals surface area (Å²) >= 11 is 0. The third-order valence-electron chi connectivity index (χ3n) is 5.11. The number of rotatable bonds is 6. The van der Waals surface area contributed by atoms with E-state index in [-0.39, 0.29) is 18.4 Å². The van der Waals surface area contributed by atoms with Gasteiger partial charge in [0.05, 0.1) is 0 Å². The van der Waals surface area contributed by atoms with Crippen LogP contribution in [0.4, 0.5) is 11.4 Å². The van der Waals surface area contributed by atoms with E-state index in [1.165, 1.54) is 31.9 Å². The number of benzene rings is 2. The van der Waals surface area contributed by atoms with Crippen LogP contribution in [-0.2, 0) is 16.1 Å². The molecule has 5 nitrogen and oxygen atoms in total. The van der Waals surface area contributed by atoms with Gasteiger partial charge in [-0.25, -0.2) is 0 Å². The molecule has 5 heteroatoms. The van der Waals surface area contributed by atoms with Gasteiger partial charge in [-0.1, -0.05) is 29.8 Å². The molecule has 0 radical (unpaired) electrons. The van der Waals surface area contributed by atoms with Gasteiger partial charge in [-0.15, -0.1) is 0 Å². The molecule has 1 N–H and O–H groups in total. The minimum atomic E-state index is -0.187. The first-order valence-electron chi connectivity index (χ1n) is 9.97. The quantitative estimate of drug-likeness (QED) is 0.826. The first kappa shape index (κ1) is 19.9. The highest BCUT2D eigenvalue weighted by Gasteiger charge is 2.15. The molecular formula is C23H29N3O2. The number of carbonyl (C=O) groups is 2. The van der Waals surface area contributed by atoms with Crippen molar-refractivity contribution < 1.29 is 9.59 Å². The molecule has 0 bridgehead atoms. The fraction of sp³-hybridized carbons (Fsp3) is 0.391. The minimum absolute atomic E-state index is 0.0388. The fourth-order valence-corrected chi connectivity index (χ4v) is 3.59. The number of hydrogen-bond acceptors (Lipinski definition) is 3. The first-order chi connectivity index (χ1) is 13.5. The zero-order chi connectivity index (χ0) is 19.9. The van der Waals surface area contributed by atoms with E-state index in [4.69, 9.17) is 0 Å². The topological polar surface area (TPSA) is 52.7 Å². The lowest BCUT2D eigenvalue weighted by Gasteiger charge is -2.28. The predicted octanol–water partition coefficient (Wildman–Crippen LogP) is 3.97. The molecule has 148 valence electrons. The molecule has 1 aliphatic rings. The van der Waals surface area contributed by atoms with Crippen LogP contribution in [0.2, 0.25) is 0 Å². The van der Waals surface area contributed by atoms with Gasteiger partial charge in [-0.05, 0) is 56.0 Å². The molecule has 3 rings (SSSR count). The van der Waals surface area contributed by atoms with Crippen molar-refractivity contribution in [2.75, 3.05) is 29.9 Å². The van der Waals surface area contributed by atoms with E-state index in [1.54, 1.807) is 4.90 Å². The van der Waals surface area contributed by atoms with Gasteiger partial charge in [0.15, 0.2) is 0 Å². The summed E-state index contributed by atoms with van der Waals surface area (Å²) in [6.07, 6.45) is 3.78. The van der Waals surface area contributed by atoms with Crippen molar-refractivity contribution >= 4 is 23.2 Å². The summed E-state index contributed by atoms with van der Waals surface area (Å²) < 4.78 is 0. The second kappa shape index (κ2) is 9.40. The van der Waals surface area contributed by atoms with Gasteiger partial charge in [0.1, 0.15) is 6.54 Å². The maximum Gasteiger partial charge on any atom is 0.244 e. The highest BCUT2D eigenvalue weighted by atomic mass is 16.2. The molecule has 0 aromatic heterocycles. The van der Waals surface area contributed by atoms with Crippen LogP contribution in [0, 0.1) is 6.92 Å². The molecule has 1 fully saturated rings. The summed E-state index contributed by atoms with van der Waals surface area (Å²) in [7, 11) is 0. The largest absolute Gasteiger partial charge is 0.372 e. The third kappa shape index (κ3) is 5.59. The normalized spacial score (nSPS) is 13.9. The Hall–Kier alpha value is -2.82. The van der Waals surface area contributed by atoms with Crippen LogP contribution < -0.4 is 10.2 Å². The van der Waals surface area contributed by atoms with Crippen molar-refractivity contribution in [1.29, 1.82) is 0 Å². The fourth-order valence-electron chi connectivity index (χ4n) is 3.59. The Morgan fingerprint density at radius 3 is 2.39 bits per heavy atom. The van der Waals surface area contributed by atoms with Crippen LogP contribution in [-0.4, -0.2) is 36.3 Å². The van der Waals surface area contributed by atoms with Gasteiger partial charge in [0.2, 0.25) is 11.8 Å². The summed E-state index contributed by atoms with van der Waals surface area (Å²) in [5.74, 6) is -0.300. The molecule has 0 saturated carbocycles. The van der Waals surface area contributed by atoms with Crippen molar-refractivity contribution in [3.63, 3.8) is 0 Å². The maximum absolute atomic E-state index is 12.5. The molecule has 2 amide bonds. The molecule has 0 unspecified atom stereocenters. The van der Waals surface area contributed by atoms with Gasteiger partial charge in [0, 0.05) is 37.9 Å². The second-order valence-electron chi connectivity index (χ2n) is 7.51. The third-order valence-corrected chi connectivity index (χ3v) is 5.11. The zero-order valence-corrected chi connectivity index (χ0v) is 16.8. The van der Waals surface area contributed by atoms with E-state index >= 15 is 0 Å². The van der Waals surface area contributed by atoms with Gasteiger partial charge in [-0.2, -0.15) is 0 Å². The van der Waals surface area contributed by atoms with Crippen molar-refractivity contribution in [2.45, 2.75) is 39.7 Å². The molecule has 1 saturated heterocycles. The number of nitrogens with one attached hydrogen (secondary N) is 1. The standard InChI is InChI=1S/C23H29N3O2/c1-18-7-6-8-20(15-18)16-26(19(2)27)17-23(28)24-21-9-11-22(12-10-21)25-13-4-3-5-14-25/h6-12,15H,3-5,13-14,16-17H2,1-2H3,(H,24,28). The number of aryl methyl sites for hydroxylation is 1. The Balaban J connectivity index is 1.57. The molecule has 28 heavy (non-hydrogen) atoms. The number of hydrogen-bond donors (Lipinski definition) is 1. The van der Waals surface area contributed by atoms with Crippen LogP contribution in [0.3, 0.4) is 0 Å². The van der Waals surface area contributed by atoms with Crippen molar-refractivity contribution in [2.24, 2.45) is 0 Å².